The Balaban J connectivity index is 0.00000122. The molecule has 1 fully saturated rings. The smallest absolute Gasteiger partial charge is 0.416 e. The first-order chi connectivity index (χ1) is 15.4. The predicted octanol–water partition coefficient (Wildman–Crippen LogP) is 5.13. The maximum Gasteiger partial charge on any atom is 0.416 e. The highest BCUT2D eigenvalue weighted by molar-refractivity contribution is 7.99. The summed E-state index contributed by atoms with van der Waals surface area (Å²) in [4.78, 5) is 17.3. The lowest BCUT2D eigenvalue weighted by molar-refractivity contribution is -0.191. The number of aryl methyl sites for hydroxylation is 1. The van der Waals surface area contributed by atoms with Gasteiger partial charge in [-0.2, -0.15) is 22.8 Å². The molecule has 33 heavy (non-hydrogen) atoms. The molecule has 0 saturated carbocycles. The summed E-state index contributed by atoms with van der Waals surface area (Å²) in [5, 5.41) is 0. The van der Waals surface area contributed by atoms with Crippen LogP contribution in [0, 0.1) is 6.92 Å². The Bertz CT molecular complexity index is 956. The SMILES string of the molecule is COc1ccc(SCC2(COc3ccc(C(F)(F)F)cc3)COC(C)(C)O2)cc1C.O=C=O. The Morgan fingerprint density at radius 1 is 1.12 bits per heavy atom. The number of methoxy groups -OCH3 is 1. The number of alkyl halides is 3. The molecule has 0 aliphatic carbocycles. The normalized spacial score (nSPS) is 19.2. The average Bonchev–Trinajstić information content (AvgIpc) is 3.06. The van der Waals surface area contributed by atoms with Gasteiger partial charge in [-0.05, 0) is 68.8 Å². The van der Waals surface area contributed by atoms with E-state index >= 15 is 0 Å². The van der Waals surface area contributed by atoms with Gasteiger partial charge in [0.1, 0.15) is 23.7 Å². The lowest BCUT2D eigenvalue weighted by atomic mass is 10.1. The van der Waals surface area contributed by atoms with Crippen molar-refractivity contribution in [2.24, 2.45) is 0 Å². The van der Waals surface area contributed by atoms with Gasteiger partial charge >= 0.3 is 12.3 Å². The van der Waals surface area contributed by atoms with Crippen LogP contribution in [0.2, 0.25) is 0 Å². The van der Waals surface area contributed by atoms with Crippen LogP contribution < -0.4 is 9.47 Å². The molecule has 1 saturated heterocycles. The second-order valence-corrected chi connectivity index (χ2v) is 8.84. The fraction of sp³-hybridized carbons (Fsp3) is 0.435. The van der Waals surface area contributed by atoms with Crippen molar-refractivity contribution in [3.63, 3.8) is 0 Å². The van der Waals surface area contributed by atoms with E-state index in [-0.39, 0.29) is 12.8 Å². The highest BCUT2D eigenvalue weighted by Crippen LogP contribution is 2.37. The average molecular weight is 487 g/mol. The highest BCUT2D eigenvalue weighted by Gasteiger charge is 2.46. The van der Waals surface area contributed by atoms with Crippen LogP contribution in [0.1, 0.15) is 25.0 Å². The van der Waals surface area contributed by atoms with Gasteiger partial charge in [0.25, 0.3) is 0 Å². The summed E-state index contributed by atoms with van der Waals surface area (Å²) in [5.74, 6) is 0.963. The van der Waals surface area contributed by atoms with Crippen LogP contribution in [-0.4, -0.2) is 43.6 Å². The number of halogens is 3. The molecule has 1 atom stereocenters. The Morgan fingerprint density at radius 3 is 2.24 bits per heavy atom. The molecule has 0 bridgehead atoms. The second-order valence-electron chi connectivity index (χ2n) is 7.79. The van der Waals surface area contributed by atoms with Gasteiger partial charge in [-0.15, -0.1) is 11.8 Å². The van der Waals surface area contributed by atoms with Crippen LogP contribution in [0.4, 0.5) is 13.2 Å². The second kappa shape index (κ2) is 11.1. The molecule has 0 aromatic heterocycles. The molecule has 10 heteroatoms. The Hall–Kier alpha value is -2.52. The molecule has 1 heterocycles. The van der Waals surface area contributed by atoms with Crippen molar-refractivity contribution >= 4 is 17.9 Å². The molecule has 180 valence electrons. The van der Waals surface area contributed by atoms with Crippen molar-refractivity contribution < 1.29 is 41.7 Å². The van der Waals surface area contributed by atoms with Crippen LogP contribution in [0.3, 0.4) is 0 Å². The number of hydrogen-bond acceptors (Lipinski definition) is 7. The minimum absolute atomic E-state index is 0.157. The monoisotopic (exact) mass is 486 g/mol. The topological polar surface area (TPSA) is 71.1 Å². The van der Waals surface area contributed by atoms with E-state index in [0.29, 0.717) is 18.1 Å². The number of ether oxygens (including phenoxy) is 4. The molecular weight excluding hydrogens is 461 g/mol. The van der Waals surface area contributed by atoms with Gasteiger partial charge < -0.3 is 18.9 Å². The van der Waals surface area contributed by atoms with Crippen molar-refractivity contribution in [1.29, 1.82) is 0 Å². The quantitative estimate of drug-likeness (QED) is 0.503. The van der Waals surface area contributed by atoms with E-state index in [9.17, 15) is 13.2 Å². The molecule has 2 aromatic carbocycles. The van der Waals surface area contributed by atoms with E-state index in [0.717, 1.165) is 28.3 Å². The summed E-state index contributed by atoms with van der Waals surface area (Å²) in [5.41, 5.74) is -0.414. The standard InChI is InChI=1S/C22H25F3O4S.CO2/c1-15-11-18(9-10-19(15)26-4)30-14-21(13-28-20(2,3)29-21)12-27-17-7-5-16(6-8-17)22(23,24)25;2-1-3/h5-11H,12-14H2,1-4H3;. The van der Waals surface area contributed by atoms with E-state index in [4.69, 9.17) is 28.5 Å². The fourth-order valence-electron chi connectivity index (χ4n) is 3.18. The zero-order valence-corrected chi connectivity index (χ0v) is 19.5. The van der Waals surface area contributed by atoms with Gasteiger partial charge in [-0.3, -0.25) is 0 Å². The molecule has 1 aliphatic rings. The largest absolute Gasteiger partial charge is 0.496 e. The minimum atomic E-state index is -4.38. The third kappa shape index (κ3) is 7.78. The number of carbonyl (C=O) groups excluding carboxylic acids is 2. The van der Waals surface area contributed by atoms with Gasteiger partial charge in [-0.25, -0.2) is 0 Å². The van der Waals surface area contributed by atoms with E-state index in [2.05, 4.69) is 0 Å². The van der Waals surface area contributed by atoms with Crippen LogP contribution >= 0.6 is 11.8 Å². The van der Waals surface area contributed by atoms with E-state index in [1.54, 1.807) is 18.9 Å². The zero-order valence-electron chi connectivity index (χ0n) is 18.7. The molecule has 0 amide bonds. The van der Waals surface area contributed by atoms with Gasteiger partial charge in [0.05, 0.1) is 19.3 Å². The van der Waals surface area contributed by atoms with E-state index < -0.39 is 23.1 Å². The fourth-order valence-corrected chi connectivity index (χ4v) is 4.26. The number of hydrogen-bond donors (Lipinski definition) is 0. The van der Waals surface area contributed by atoms with Crippen LogP contribution in [0.5, 0.6) is 11.5 Å². The summed E-state index contributed by atoms with van der Waals surface area (Å²) in [6.45, 7) is 6.11. The van der Waals surface area contributed by atoms with Crippen LogP contribution in [0.15, 0.2) is 47.4 Å². The van der Waals surface area contributed by atoms with Crippen molar-refractivity contribution in [2.45, 2.75) is 43.2 Å². The van der Waals surface area contributed by atoms with E-state index in [1.165, 1.54) is 12.1 Å². The molecule has 3 rings (SSSR count). The first kappa shape index (κ1) is 26.7. The summed E-state index contributed by atoms with van der Waals surface area (Å²) < 4.78 is 61.3. The molecular formula is C23H25F3O6S. The van der Waals surface area contributed by atoms with Crippen LogP contribution in [0.25, 0.3) is 0 Å². The molecule has 0 radical (unpaired) electrons. The summed E-state index contributed by atoms with van der Waals surface area (Å²) in [6.07, 6.45) is -4.13. The molecule has 6 nitrogen and oxygen atoms in total. The first-order valence-corrected chi connectivity index (χ1v) is 10.8. The lowest BCUT2D eigenvalue weighted by Crippen LogP contribution is -2.43. The summed E-state index contributed by atoms with van der Waals surface area (Å²) in [7, 11) is 1.63. The zero-order chi connectivity index (χ0) is 24.7. The first-order valence-electron chi connectivity index (χ1n) is 9.84. The maximum atomic E-state index is 12.7. The molecule has 0 spiro atoms. The third-order valence-electron chi connectivity index (χ3n) is 4.70. The third-order valence-corrected chi connectivity index (χ3v) is 5.95. The van der Waals surface area contributed by atoms with Crippen molar-refractivity contribution in [3.8, 4) is 11.5 Å². The maximum absolute atomic E-state index is 12.7. The molecule has 1 unspecified atom stereocenters. The predicted molar refractivity (Wildman–Crippen MR) is 114 cm³/mol. The Kier molecular flexibility index (Phi) is 8.97. The summed E-state index contributed by atoms with van der Waals surface area (Å²) in [6, 6.07) is 10.6. The van der Waals surface area contributed by atoms with Crippen molar-refractivity contribution in [1.82, 2.24) is 0 Å². The number of benzene rings is 2. The molecule has 1 aliphatic heterocycles. The number of rotatable bonds is 7. The summed E-state index contributed by atoms with van der Waals surface area (Å²) >= 11 is 1.60. The molecule has 2 aromatic rings. The Labute approximate surface area is 194 Å². The number of thioether (sulfide) groups is 1. The lowest BCUT2D eigenvalue weighted by Gasteiger charge is -2.29. The van der Waals surface area contributed by atoms with Crippen molar-refractivity contribution in [3.05, 3.63) is 53.6 Å². The van der Waals surface area contributed by atoms with Gasteiger partial charge in [0.2, 0.25) is 0 Å². The highest BCUT2D eigenvalue weighted by atomic mass is 32.2. The molecule has 0 N–H and O–H groups in total. The van der Waals surface area contributed by atoms with Crippen molar-refractivity contribution in [2.75, 3.05) is 26.1 Å². The van der Waals surface area contributed by atoms with Gasteiger partial charge in [-0.1, -0.05) is 0 Å². The Morgan fingerprint density at radius 2 is 1.76 bits per heavy atom. The van der Waals surface area contributed by atoms with E-state index in [1.807, 2.05) is 39.0 Å². The van der Waals surface area contributed by atoms with Gasteiger partial charge in [0, 0.05) is 10.6 Å². The van der Waals surface area contributed by atoms with Gasteiger partial charge in [0.15, 0.2) is 5.79 Å². The minimum Gasteiger partial charge on any atom is -0.496 e. The van der Waals surface area contributed by atoms with Crippen LogP contribution in [-0.2, 0) is 25.2 Å².